The summed E-state index contributed by atoms with van der Waals surface area (Å²) in [5.41, 5.74) is 3.15. The predicted molar refractivity (Wildman–Crippen MR) is 77.0 cm³/mol. The predicted octanol–water partition coefficient (Wildman–Crippen LogP) is 3.70. The van der Waals surface area contributed by atoms with E-state index in [4.69, 9.17) is 5.84 Å². The summed E-state index contributed by atoms with van der Waals surface area (Å²) in [5.74, 6) is 4.80. The monoisotopic (exact) mass is 282 g/mol. The largest absolute Gasteiger partial charge is 0.271 e. The number of hydrogen-bond donors (Lipinski definition) is 2. The van der Waals surface area contributed by atoms with E-state index in [1.807, 2.05) is 0 Å². The van der Waals surface area contributed by atoms with Crippen LogP contribution in [0.4, 0.5) is 8.78 Å². The average molecular weight is 282 g/mol. The lowest BCUT2D eigenvalue weighted by Gasteiger charge is -2.24. The molecule has 2 nitrogen and oxygen atoms in total. The Morgan fingerprint density at radius 3 is 2.65 bits per heavy atom. The second-order valence-corrected chi connectivity index (χ2v) is 5.86. The molecule has 1 aliphatic rings. The van der Waals surface area contributed by atoms with Gasteiger partial charge in [0.05, 0.1) is 0 Å². The molecule has 1 atom stereocenters. The second kappa shape index (κ2) is 7.70. The van der Waals surface area contributed by atoms with Gasteiger partial charge >= 0.3 is 0 Å². The van der Waals surface area contributed by atoms with Crippen molar-refractivity contribution in [2.75, 3.05) is 0 Å². The lowest BCUT2D eigenvalue weighted by Crippen LogP contribution is -2.37. The number of hydrogen-bond acceptors (Lipinski definition) is 2. The molecular weight excluding hydrogens is 258 g/mol. The Balaban J connectivity index is 1.86. The number of halogens is 2. The smallest absolute Gasteiger partial charge is 0.162 e. The van der Waals surface area contributed by atoms with Crippen molar-refractivity contribution in [3.8, 4) is 0 Å². The molecule has 2 rings (SSSR count). The first-order chi connectivity index (χ1) is 9.70. The summed E-state index contributed by atoms with van der Waals surface area (Å²) in [7, 11) is 0. The molecule has 1 fully saturated rings. The van der Waals surface area contributed by atoms with E-state index in [0.29, 0.717) is 12.0 Å². The topological polar surface area (TPSA) is 38.0 Å². The molecule has 0 amide bonds. The highest BCUT2D eigenvalue weighted by atomic mass is 19.2. The summed E-state index contributed by atoms with van der Waals surface area (Å²) in [6, 6.07) is 4.32. The van der Waals surface area contributed by atoms with Gasteiger partial charge in [-0.1, -0.05) is 44.2 Å². The van der Waals surface area contributed by atoms with Crippen LogP contribution >= 0.6 is 0 Å². The molecule has 0 aliphatic heterocycles. The zero-order chi connectivity index (χ0) is 14.4. The molecule has 112 valence electrons. The van der Waals surface area contributed by atoms with Gasteiger partial charge in [-0.05, 0) is 36.8 Å². The summed E-state index contributed by atoms with van der Waals surface area (Å²) in [4.78, 5) is 0. The second-order valence-electron chi connectivity index (χ2n) is 5.86. The third kappa shape index (κ3) is 4.25. The quantitative estimate of drug-likeness (QED) is 0.617. The van der Waals surface area contributed by atoms with Crippen molar-refractivity contribution >= 4 is 0 Å². The van der Waals surface area contributed by atoms with Crippen LogP contribution in [0.25, 0.3) is 0 Å². The number of hydrazine groups is 1. The van der Waals surface area contributed by atoms with E-state index < -0.39 is 11.6 Å². The van der Waals surface area contributed by atoms with Crippen molar-refractivity contribution in [2.24, 2.45) is 11.8 Å². The van der Waals surface area contributed by atoms with Crippen LogP contribution in [-0.2, 0) is 6.42 Å². The van der Waals surface area contributed by atoms with E-state index in [1.54, 1.807) is 12.1 Å². The van der Waals surface area contributed by atoms with Crippen molar-refractivity contribution < 1.29 is 8.78 Å². The first-order valence-electron chi connectivity index (χ1n) is 7.59. The maximum atomic E-state index is 13.6. The Morgan fingerprint density at radius 1 is 1.20 bits per heavy atom. The molecule has 0 saturated heterocycles. The summed E-state index contributed by atoms with van der Waals surface area (Å²) in [6.45, 7) is 0. The van der Waals surface area contributed by atoms with Crippen molar-refractivity contribution in [2.45, 2.75) is 57.4 Å². The highest BCUT2D eigenvalue weighted by Gasteiger charge is 2.17. The molecule has 4 heteroatoms. The molecular formula is C16H24F2N2. The van der Waals surface area contributed by atoms with Crippen LogP contribution in [0.1, 0.15) is 50.5 Å². The molecule has 0 aromatic heterocycles. The third-order valence-electron chi connectivity index (χ3n) is 4.38. The molecule has 0 heterocycles. The van der Waals surface area contributed by atoms with Crippen molar-refractivity contribution in [3.05, 3.63) is 35.4 Å². The van der Waals surface area contributed by atoms with E-state index in [-0.39, 0.29) is 6.04 Å². The van der Waals surface area contributed by atoms with E-state index >= 15 is 0 Å². The number of rotatable bonds is 6. The highest BCUT2D eigenvalue weighted by Crippen LogP contribution is 2.28. The van der Waals surface area contributed by atoms with Gasteiger partial charge in [0.2, 0.25) is 0 Å². The SMILES string of the molecule is NNC(CCC1CCCCC1)Cc1cccc(F)c1F. The fourth-order valence-corrected chi connectivity index (χ4v) is 3.13. The van der Waals surface area contributed by atoms with Crippen molar-refractivity contribution in [3.63, 3.8) is 0 Å². The minimum atomic E-state index is -0.787. The lowest BCUT2D eigenvalue weighted by molar-refractivity contribution is 0.312. The molecule has 0 radical (unpaired) electrons. The van der Waals surface area contributed by atoms with E-state index in [9.17, 15) is 8.78 Å². The lowest BCUT2D eigenvalue weighted by atomic mass is 9.84. The zero-order valence-corrected chi connectivity index (χ0v) is 11.9. The van der Waals surface area contributed by atoms with E-state index in [2.05, 4.69) is 5.43 Å². The van der Waals surface area contributed by atoms with Gasteiger partial charge in [0.1, 0.15) is 0 Å². The fraction of sp³-hybridized carbons (Fsp3) is 0.625. The molecule has 1 aliphatic carbocycles. The fourth-order valence-electron chi connectivity index (χ4n) is 3.13. The van der Waals surface area contributed by atoms with Gasteiger partial charge in [0.15, 0.2) is 11.6 Å². The molecule has 0 bridgehead atoms. The summed E-state index contributed by atoms with van der Waals surface area (Å²) < 4.78 is 26.8. The summed E-state index contributed by atoms with van der Waals surface area (Å²) in [5, 5.41) is 0. The number of nitrogens with one attached hydrogen (secondary N) is 1. The Labute approximate surface area is 119 Å². The molecule has 1 aromatic carbocycles. The molecule has 1 unspecified atom stereocenters. The first kappa shape index (κ1) is 15.4. The Hall–Kier alpha value is -1.00. The maximum absolute atomic E-state index is 13.6. The summed E-state index contributed by atoms with van der Waals surface area (Å²) in [6.07, 6.45) is 9.06. The van der Waals surface area contributed by atoms with Crippen LogP contribution in [0.5, 0.6) is 0 Å². The van der Waals surface area contributed by atoms with Gasteiger partial charge in [-0.15, -0.1) is 0 Å². The molecule has 20 heavy (non-hydrogen) atoms. The van der Waals surface area contributed by atoms with Crippen LogP contribution in [-0.4, -0.2) is 6.04 Å². The van der Waals surface area contributed by atoms with Gasteiger partial charge in [-0.3, -0.25) is 11.3 Å². The Morgan fingerprint density at radius 2 is 1.95 bits per heavy atom. The standard InChI is InChI=1S/C16H24F2N2/c17-15-8-4-7-13(16(15)18)11-14(20-19)10-9-12-5-2-1-3-6-12/h4,7-8,12,14,20H,1-3,5-6,9-11,19H2. The Bertz CT molecular complexity index is 417. The summed E-state index contributed by atoms with van der Waals surface area (Å²) >= 11 is 0. The molecule has 0 spiro atoms. The van der Waals surface area contributed by atoms with Crippen LogP contribution in [0.3, 0.4) is 0 Å². The highest BCUT2D eigenvalue weighted by molar-refractivity contribution is 5.20. The van der Waals surface area contributed by atoms with Crippen molar-refractivity contribution in [1.82, 2.24) is 5.43 Å². The van der Waals surface area contributed by atoms with Crippen molar-refractivity contribution in [1.29, 1.82) is 0 Å². The van der Waals surface area contributed by atoms with Crippen LogP contribution in [0, 0.1) is 17.6 Å². The normalized spacial score (nSPS) is 18.1. The molecule has 1 saturated carbocycles. The van der Waals surface area contributed by atoms with Gasteiger partial charge in [-0.2, -0.15) is 0 Å². The molecule has 1 aromatic rings. The van der Waals surface area contributed by atoms with Gasteiger partial charge in [0.25, 0.3) is 0 Å². The van der Waals surface area contributed by atoms with Gasteiger partial charge < -0.3 is 0 Å². The van der Waals surface area contributed by atoms with Crippen LogP contribution < -0.4 is 11.3 Å². The van der Waals surface area contributed by atoms with Crippen LogP contribution in [0.2, 0.25) is 0 Å². The molecule has 3 N–H and O–H groups in total. The van der Waals surface area contributed by atoms with Gasteiger partial charge in [0, 0.05) is 6.04 Å². The average Bonchev–Trinajstić information content (AvgIpc) is 2.49. The third-order valence-corrected chi connectivity index (χ3v) is 4.38. The first-order valence-corrected chi connectivity index (χ1v) is 7.59. The zero-order valence-electron chi connectivity index (χ0n) is 11.9. The van der Waals surface area contributed by atoms with E-state index in [0.717, 1.165) is 24.8 Å². The minimum Gasteiger partial charge on any atom is -0.271 e. The minimum absolute atomic E-state index is 0.00762. The van der Waals surface area contributed by atoms with E-state index in [1.165, 1.54) is 32.1 Å². The van der Waals surface area contributed by atoms with Gasteiger partial charge in [-0.25, -0.2) is 8.78 Å². The number of benzene rings is 1. The van der Waals surface area contributed by atoms with Crippen LogP contribution in [0.15, 0.2) is 18.2 Å². The number of nitrogens with two attached hydrogens (primary N) is 1. The maximum Gasteiger partial charge on any atom is 0.162 e. The Kier molecular flexibility index (Phi) is 5.92.